The molecule has 0 radical (unpaired) electrons. The van der Waals surface area contributed by atoms with E-state index in [2.05, 4.69) is 9.97 Å². The van der Waals surface area contributed by atoms with Crippen molar-refractivity contribution in [2.75, 3.05) is 6.61 Å². The number of ether oxygens (including phenoxy) is 1. The smallest absolute Gasteiger partial charge is 0.165 e. The van der Waals surface area contributed by atoms with Crippen LogP contribution in [0.3, 0.4) is 0 Å². The Bertz CT molecular complexity index is 605. The van der Waals surface area contributed by atoms with Crippen LogP contribution in [0.25, 0.3) is 11.2 Å². The summed E-state index contributed by atoms with van der Waals surface area (Å²) >= 11 is 5.99. The Balaban J connectivity index is 2.04. The van der Waals surface area contributed by atoms with Gasteiger partial charge in [-0.15, -0.1) is 0 Å². The molecular formula is C11H12ClN3O4. The number of imidazole rings is 1. The lowest BCUT2D eigenvalue weighted by Gasteiger charge is -2.16. The van der Waals surface area contributed by atoms with Crippen LogP contribution in [0.1, 0.15) is 6.23 Å². The van der Waals surface area contributed by atoms with Crippen molar-refractivity contribution in [1.29, 1.82) is 0 Å². The predicted octanol–water partition coefficient (Wildman–Crippen LogP) is -0.304. The zero-order valence-corrected chi connectivity index (χ0v) is 10.5. The first-order chi connectivity index (χ1) is 9.13. The first-order valence-electron chi connectivity index (χ1n) is 5.73. The van der Waals surface area contributed by atoms with Crippen molar-refractivity contribution in [3.8, 4) is 0 Å². The third kappa shape index (κ3) is 1.90. The summed E-state index contributed by atoms with van der Waals surface area (Å²) < 4.78 is 6.91. The molecular weight excluding hydrogens is 274 g/mol. The van der Waals surface area contributed by atoms with Crippen molar-refractivity contribution in [3.63, 3.8) is 0 Å². The number of pyridine rings is 1. The molecule has 4 atom stereocenters. The highest BCUT2D eigenvalue weighted by Gasteiger charge is 2.43. The standard InChI is InChI=1S/C11H12ClN3O4/c12-5-1-2-13-10-7(5)14-4-15(10)11-9(18)8(17)6(3-16)19-11/h1-2,4,6,8-9,11,16-18H,3H2/t6-,8+,9?,11-/m1/s1. The van der Waals surface area contributed by atoms with Crippen LogP contribution < -0.4 is 0 Å². The average molecular weight is 286 g/mol. The van der Waals surface area contributed by atoms with Gasteiger partial charge >= 0.3 is 0 Å². The van der Waals surface area contributed by atoms with Crippen molar-refractivity contribution >= 4 is 22.8 Å². The van der Waals surface area contributed by atoms with E-state index in [4.69, 9.17) is 21.4 Å². The van der Waals surface area contributed by atoms with Crippen molar-refractivity contribution in [3.05, 3.63) is 23.6 Å². The van der Waals surface area contributed by atoms with Gasteiger partial charge in [0.25, 0.3) is 0 Å². The first-order valence-corrected chi connectivity index (χ1v) is 6.10. The van der Waals surface area contributed by atoms with Crippen LogP contribution in [0.15, 0.2) is 18.6 Å². The van der Waals surface area contributed by atoms with E-state index in [1.807, 2.05) is 0 Å². The highest BCUT2D eigenvalue weighted by molar-refractivity contribution is 6.34. The fraction of sp³-hybridized carbons (Fsp3) is 0.455. The summed E-state index contributed by atoms with van der Waals surface area (Å²) in [6, 6.07) is 1.61. The van der Waals surface area contributed by atoms with Gasteiger partial charge < -0.3 is 20.1 Å². The Morgan fingerprint density at radius 1 is 1.32 bits per heavy atom. The zero-order valence-electron chi connectivity index (χ0n) is 9.72. The van der Waals surface area contributed by atoms with Crippen molar-refractivity contribution < 1.29 is 20.1 Å². The maximum Gasteiger partial charge on any atom is 0.165 e. The Kier molecular flexibility index (Phi) is 3.15. The van der Waals surface area contributed by atoms with Gasteiger partial charge in [-0.3, -0.25) is 4.57 Å². The fourth-order valence-corrected chi connectivity index (χ4v) is 2.39. The molecule has 0 aromatic carbocycles. The Hall–Kier alpha value is -1.25. The maximum atomic E-state index is 9.96. The van der Waals surface area contributed by atoms with E-state index in [1.54, 1.807) is 6.07 Å². The molecule has 3 N–H and O–H groups in total. The molecule has 0 spiro atoms. The van der Waals surface area contributed by atoms with Crippen LogP contribution in [-0.4, -0.2) is 54.8 Å². The monoisotopic (exact) mass is 285 g/mol. The van der Waals surface area contributed by atoms with E-state index < -0.39 is 24.5 Å². The predicted molar refractivity (Wildman–Crippen MR) is 65.5 cm³/mol. The van der Waals surface area contributed by atoms with E-state index in [9.17, 15) is 10.2 Å². The number of hydrogen-bond acceptors (Lipinski definition) is 6. The zero-order chi connectivity index (χ0) is 13.6. The Morgan fingerprint density at radius 3 is 2.79 bits per heavy atom. The summed E-state index contributed by atoms with van der Waals surface area (Å²) in [5.41, 5.74) is 0.934. The van der Waals surface area contributed by atoms with E-state index in [1.165, 1.54) is 17.1 Å². The number of aliphatic hydroxyl groups excluding tert-OH is 3. The van der Waals surface area contributed by atoms with Crippen LogP contribution >= 0.6 is 11.6 Å². The topological polar surface area (TPSA) is 101 Å². The lowest BCUT2D eigenvalue weighted by molar-refractivity contribution is -0.0511. The minimum Gasteiger partial charge on any atom is -0.394 e. The van der Waals surface area contributed by atoms with Crippen LogP contribution in [0.2, 0.25) is 5.02 Å². The molecule has 0 saturated carbocycles. The molecule has 1 aliphatic rings. The molecule has 102 valence electrons. The summed E-state index contributed by atoms with van der Waals surface area (Å²) in [7, 11) is 0. The number of nitrogens with zero attached hydrogens (tertiary/aromatic N) is 3. The van der Waals surface area contributed by atoms with Crippen LogP contribution in [-0.2, 0) is 4.74 Å². The minimum atomic E-state index is -1.17. The van der Waals surface area contributed by atoms with Gasteiger partial charge in [-0.1, -0.05) is 11.6 Å². The first kappa shape index (κ1) is 12.8. The molecule has 3 rings (SSSR count). The van der Waals surface area contributed by atoms with Gasteiger partial charge in [-0.05, 0) is 6.07 Å². The Labute approximate surface area is 113 Å². The molecule has 8 heteroatoms. The van der Waals surface area contributed by atoms with Crippen LogP contribution in [0.4, 0.5) is 0 Å². The fourth-order valence-electron chi connectivity index (χ4n) is 2.20. The van der Waals surface area contributed by atoms with Gasteiger partial charge in [0.05, 0.1) is 18.0 Å². The summed E-state index contributed by atoms with van der Waals surface area (Å²) in [6.45, 7) is -0.379. The molecule has 0 amide bonds. The number of hydrogen-bond donors (Lipinski definition) is 3. The van der Waals surface area contributed by atoms with Gasteiger partial charge in [0.15, 0.2) is 11.9 Å². The van der Waals surface area contributed by atoms with E-state index in [0.717, 1.165) is 0 Å². The second-order valence-electron chi connectivity index (χ2n) is 4.35. The summed E-state index contributed by atoms with van der Waals surface area (Å²) in [4.78, 5) is 8.24. The maximum absolute atomic E-state index is 9.96. The Morgan fingerprint density at radius 2 is 2.11 bits per heavy atom. The molecule has 1 saturated heterocycles. The molecule has 0 bridgehead atoms. The summed E-state index contributed by atoms with van der Waals surface area (Å²) in [5, 5.41) is 29.2. The molecule has 0 aliphatic carbocycles. The average Bonchev–Trinajstić information content (AvgIpc) is 2.94. The van der Waals surface area contributed by atoms with Crippen LogP contribution in [0.5, 0.6) is 0 Å². The number of aromatic nitrogens is 3. The lowest BCUT2D eigenvalue weighted by atomic mass is 10.1. The lowest BCUT2D eigenvalue weighted by Crippen LogP contribution is -2.33. The van der Waals surface area contributed by atoms with E-state index in [0.29, 0.717) is 16.2 Å². The normalized spacial score (nSPS) is 31.2. The largest absolute Gasteiger partial charge is 0.394 e. The SMILES string of the molecule is OC[C@H]1O[C@@H](n2cnc3c(Cl)ccnc32)C(O)[C@H]1O. The number of halogens is 1. The quantitative estimate of drug-likeness (QED) is 0.700. The van der Waals surface area contributed by atoms with Gasteiger partial charge in [-0.2, -0.15) is 0 Å². The van der Waals surface area contributed by atoms with Crippen LogP contribution in [0, 0.1) is 0 Å². The van der Waals surface area contributed by atoms with Gasteiger partial charge in [0.1, 0.15) is 23.8 Å². The second kappa shape index (κ2) is 4.69. The number of fused-ring (bicyclic) bond motifs is 1. The molecule has 1 aliphatic heterocycles. The summed E-state index contributed by atoms with van der Waals surface area (Å²) in [6.07, 6.45) is -1.07. The summed E-state index contributed by atoms with van der Waals surface area (Å²) in [5.74, 6) is 0. The molecule has 3 heterocycles. The number of rotatable bonds is 2. The van der Waals surface area contributed by atoms with Crippen molar-refractivity contribution in [2.24, 2.45) is 0 Å². The van der Waals surface area contributed by atoms with Gasteiger partial charge in [0, 0.05) is 6.20 Å². The molecule has 19 heavy (non-hydrogen) atoms. The molecule has 2 aromatic rings. The van der Waals surface area contributed by atoms with Crippen molar-refractivity contribution in [2.45, 2.75) is 24.5 Å². The number of aliphatic hydroxyl groups is 3. The second-order valence-corrected chi connectivity index (χ2v) is 4.75. The third-order valence-corrected chi connectivity index (χ3v) is 3.51. The third-order valence-electron chi connectivity index (χ3n) is 3.20. The molecule has 2 aromatic heterocycles. The molecule has 1 fully saturated rings. The highest BCUT2D eigenvalue weighted by Crippen LogP contribution is 2.32. The molecule has 1 unspecified atom stereocenters. The minimum absolute atomic E-state index is 0.379. The van der Waals surface area contributed by atoms with Crippen molar-refractivity contribution in [1.82, 2.24) is 14.5 Å². The molecule has 7 nitrogen and oxygen atoms in total. The highest BCUT2D eigenvalue weighted by atomic mass is 35.5. The van der Waals surface area contributed by atoms with Gasteiger partial charge in [-0.25, -0.2) is 9.97 Å². The van der Waals surface area contributed by atoms with E-state index >= 15 is 0 Å². The van der Waals surface area contributed by atoms with Gasteiger partial charge in [0.2, 0.25) is 0 Å². The van der Waals surface area contributed by atoms with E-state index in [-0.39, 0.29) is 6.61 Å².